The lowest BCUT2D eigenvalue weighted by Gasteiger charge is -2.08. The molecule has 0 fully saturated rings. The van der Waals surface area contributed by atoms with E-state index >= 15 is 0 Å². The zero-order chi connectivity index (χ0) is 93.4. The van der Waals surface area contributed by atoms with E-state index in [0.29, 0.717) is 33.4 Å². The number of Topliss-reactive ketones (excluding diaryl/α,β-unsaturated/α-hetero) is 3. The lowest BCUT2D eigenvalue weighted by atomic mass is 10.0. The van der Waals surface area contributed by atoms with Crippen LogP contribution in [0.15, 0.2) is 478 Å². The van der Waals surface area contributed by atoms with E-state index in [1.54, 1.807) is 164 Å². The normalized spacial score (nSPS) is 17.5. The summed E-state index contributed by atoms with van der Waals surface area (Å²) in [6.07, 6.45) is 26.7. The first-order chi connectivity index (χ1) is 64.0. The molecule has 0 bridgehead atoms. The number of carbonyl (C=O) groups excluding carboxylic acids is 3. The molecule has 0 spiro atoms. The smallest absolute Gasteiger partial charge is 0.211 e. The van der Waals surface area contributed by atoms with Gasteiger partial charge in [0, 0.05) is 53.8 Å². The van der Waals surface area contributed by atoms with Gasteiger partial charge >= 0.3 is 0 Å². The van der Waals surface area contributed by atoms with Crippen LogP contribution in [0.5, 0.6) is 0 Å². The third-order valence-corrected chi connectivity index (χ3v) is 33.5. The molecule has 0 saturated heterocycles. The van der Waals surface area contributed by atoms with Gasteiger partial charge in [-0.2, -0.15) is 0 Å². The SMILES string of the molecule is O=C1C(=CC=C(C=CC2=C([O-])c3ccccc3S2(=O)=O)c2ccccc2)S(=O)(=O)c2ccccc21.O=C1C(=CC=C(C=CC2=C([O-])c3ccccc3S2(=O)=O)c2ccccc2)S(=O)(=O)c2ccccc21.O=C1C(=CC=C(C=CC2=C([O-])c3ccccc3S2(=O)=O)c2ccccc2)S(=O)(=O)c2ccccc21.c1ccc(CC[n+]2ccc(-c3cc[n+](CCc4ccccc4)cc3)cc2)cc1. The van der Waals surface area contributed by atoms with E-state index in [4.69, 9.17) is 0 Å². The van der Waals surface area contributed by atoms with Crippen LogP contribution in [0.25, 0.3) is 45.1 Å². The van der Waals surface area contributed by atoms with Gasteiger partial charge in [-0.3, -0.25) is 14.4 Å². The first kappa shape index (κ1) is 91.0. The standard InChI is InChI=1S/3C27H18O6S2.C26H26N2/c3*28-26-20-10-4-6-12-22(20)34(30,31)24(26)16-14-19(18-8-2-1-3-9-18)15-17-25-27(29)21-11-5-7-13-23(21)35(25,32)33;1-3-7-23(8-4-1)11-17-27-19-13-25(14-20-27)26-15-21-28(22-16-26)18-12-24-9-5-2-6-10-24/h3*1-17,28H;1-10,13-16,19-22H,11-12,17-18H2/q;;;+2/p-3. The quantitative estimate of drug-likeness (QED) is 0.0412. The fraction of sp³-hybridized carbons (Fsp3) is 0.0374. The Morgan fingerprint density at radius 2 is 0.459 bits per heavy atom. The summed E-state index contributed by atoms with van der Waals surface area (Å²) in [5.41, 5.74) is 9.11. The minimum atomic E-state index is -3.98. The number of aromatic nitrogens is 2. The Hall–Kier alpha value is -15.3. The van der Waals surface area contributed by atoms with Crippen molar-refractivity contribution in [3.05, 3.63) is 510 Å². The summed E-state index contributed by atoms with van der Waals surface area (Å²) in [5.74, 6) is -3.63. The molecule has 13 aromatic rings. The molecule has 660 valence electrons. The molecule has 0 radical (unpaired) electrons. The molecule has 133 heavy (non-hydrogen) atoms. The van der Waals surface area contributed by atoms with Gasteiger partial charge in [-0.15, -0.1) is 0 Å². The maximum Gasteiger partial charge on any atom is 0.211 e. The maximum absolute atomic E-state index is 12.9. The van der Waals surface area contributed by atoms with Crippen molar-refractivity contribution in [2.75, 3.05) is 0 Å². The van der Waals surface area contributed by atoms with Gasteiger partial charge in [0.1, 0.15) is 14.7 Å². The van der Waals surface area contributed by atoms with Gasteiger partial charge in [-0.1, -0.05) is 296 Å². The summed E-state index contributed by atoms with van der Waals surface area (Å²) in [4.78, 5) is 35.8. The number of hydrogen-bond acceptors (Lipinski definition) is 18. The van der Waals surface area contributed by atoms with Crippen molar-refractivity contribution in [2.24, 2.45) is 0 Å². The molecule has 0 atom stereocenters. The molecule has 8 heterocycles. The van der Waals surface area contributed by atoms with Gasteiger partial charge in [0.05, 0.1) is 44.1 Å². The zero-order valence-electron chi connectivity index (χ0n) is 70.4. The summed E-state index contributed by atoms with van der Waals surface area (Å²) in [5, 5.41) is 38.3. The number of hydrogen-bond donors (Lipinski definition) is 0. The molecule has 0 amide bonds. The Labute approximate surface area is 770 Å². The van der Waals surface area contributed by atoms with Gasteiger partial charge in [-0.25, -0.2) is 59.6 Å². The van der Waals surface area contributed by atoms with E-state index in [1.165, 1.54) is 168 Å². The highest BCUT2D eigenvalue weighted by molar-refractivity contribution is 7.98. The molecule has 2 aromatic heterocycles. The van der Waals surface area contributed by atoms with Crippen molar-refractivity contribution < 1.29 is 89.3 Å². The predicted molar refractivity (Wildman–Crippen MR) is 503 cm³/mol. The second-order valence-electron chi connectivity index (χ2n) is 30.7. The minimum Gasteiger partial charge on any atom is -0.871 e. The molecule has 6 aliphatic heterocycles. The minimum absolute atomic E-state index is 0.0441. The van der Waals surface area contributed by atoms with E-state index in [0.717, 1.165) is 25.9 Å². The van der Waals surface area contributed by atoms with Crippen LogP contribution in [0.3, 0.4) is 0 Å². The Morgan fingerprint density at radius 1 is 0.248 bits per heavy atom. The lowest BCUT2D eigenvalue weighted by molar-refractivity contribution is -0.696. The van der Waals surface area contributed by atoms with E-state index in [-0.39, 0.29) is 92.2 Å². The number of ketones is 3. The zero-order valence-corrected chi connectivity index (χ0v) is 75.3. The highest BCUT2D eigenvalue weighted by Crippen LogP contribution is 2.43. The third-order valence-electron chi connectivity index (χ3n) is 22.5. The summed E-state index contributed by atoms with van der Waals surface area (Å²) < 4.78 is 159. The first-order valence-corrected chi connectivity index (χ1v) is 50.4. The number of allylic oxidation sites excluding steroid dienone is 18. The van der Waals surface area contributed by atoms with Crippen LogP contribution in [0.1, 0.15) is 75.6 Å². The number of sulfone groups is 6. The third kappa shape index (κ3) is 18.7. The Morgan fingerprint density at radius 3 is 0.692 bits per heavy atom. The first-order valence-electron chi connectivity index (χ1n) is 41.5. The largest absolute Gasteiger partial charge is 0.871 e. The lowest BCUT2D eigenvalue weighted by Crippen LogP contribution is -2.34. The summed E-state index contributed by atoms with van der Waals surface area (Å²) in [7, 11) is -23.9. The fourth-order valence-electron chi connectivity index (χ4n) is 15.6. The van der Waals surface area contributed by atoms with Crippen LogP contribution in [-0.4, -0.2) is 67.9 Å². The highest BCUT2D eigenvalue weighted by atomic mass is 32.2. The second-order valence-corrected chi connectivity index (χ2v) is 42.1. The summed E-state index contributed by atoms with van der Waals surface area (Å²) in [6, 6.07) is 92.5. The highest BCUT2D eigenvalue weighted by Gasteiger charge is 2.42. The number of fused-ring (bicyclic) bond motifs is 6. The van der Waals surface area contributed by atoms with Gasteiger partial charge in [0.25, 0.3) is 0 Å². The topological polar surface area (TPSA) is 333 Å². The molecule has 11 aromatic carbocycles. The van der Waals surface area contributed by atoms with E-state index in [9.17, 15) is 80.2 Å². The number of rotatable bonds is 19. The average Bonchev–Trinajstić information content (AvgIpc) is 1.62. The number of pyridine rings is 2. The van der Waals surface area contributed by atoms with Crippen LogP contribution in [0, 0.1) is 0 Å². The Bertz CT molecular complexity index is 7340. The van der Waals surface area contributed by atoms with Crippen LogP contribution < -0.4 is 24.5 Å². The van der Waals surface area contributed by atoms with Gasteiger partial charge in [0.15, 0.2) is 37.9 Å². The van der Waals surface area contributed by atoms with Crippen molar-refractivity contribution in [1.29, 1.82) is 0 Å². The summed E-state index contributed by atoms with van der Waals surface area (Å²) >= 11 is 0. The van der Waals surface area contributed by atoms with Crippen molar-refractivity contribution in [1.82, 2.24) is 0 Å². The van der Waals surface area contributed by atoms with Gasteiger partial charge in [0.2, 0.25) is 76.4 Å². The van der Waals surface area contributed by atoms with Gasteiger partial charge < -0.3 is 15.3 Å². The molecular weight excluding hydrogens is 1790 g/mol. The molecule has 0 unspecified atom stereocenters. The van der Waals surface area contributed by atoms with Crippen LogP contribution >= 0.6 is 0 Å². The van der Waals surface area contributed by atoms with Crippen molar-refractivity contribution >= 4 is 110 Å². The maximum atomic E-state index is 12.9. The predicted octanol–water partition coefficient (Wildman–Crippen LogP) is 15.5. The molecule has 20 nitrogen and oxygen atoms in total. The van der Waals surface area contributed by atoms with Crippen LogP contribution in [-0.2, 0) is 85.0 Å². The van der Waals surface area contributed by atoms with Crippen molar-refractivity contribution in [3.63, 3.8) is 0 Å². The second kappa shape index (κ2) is 38.4. The summed E-state index contributed by atoms with van der Waals surface area (Å²) in [6.45, 7) is 2.00. The molecule has 0 N–H and O–H groups in total. The average molecular weight is 1870 g/mol. The fourth-order valence-corrected chi connectivity index (χ4v) is 24.9. The number of nitrogens with zero attached hydrogens (tertiary/aromatic N) is 2. The number of benzene rings is 11. The van der Waals surface area contributed by atoms with E-state index in [1.807, 2.05) is 0 Å². The van der Waals surface area contributed by atoms with Crippen LogP contribution in [0.4, 0.5) is 0 Å². The Balaban J connectivity index is 0.000000130. The Kier molecular flexibility index (Phi) is 26.3. The molecule has 26 heteroatoms. The van der Waals surface area contributed by atoms with Crippen LogP contribution in [0.2, 0.25) is 0 Å². The monoisotopic (exact) mass is 1870 g/mol. The molecule has 0 aliphatic carbocycles. The van der Waals surface area contributed by atoms with Crippen molar-refractivity contribution in [3.8, 4) is 11.1 Å². The molecule has 0 saturated carbocycles. The van der Waals surface area contributed by atoms with E-state index in [2.05, 4.69) is 119 Å². The van der Waals surface area contributed by atoms with Crippen molar-refractivity contribution in [2.45, 2.75) is 55.3 Å². The molecule has 19 rings (SSSR count). The molecule has 6 aliphatic rings. The molecular formula is C107H77N2O18S6-. The van der Waals surface area contributed by atoms with Gasteiger partial charge in [-0.05, 0) is 163 Å². The number of aryl methyl sites for hydroxylation is 4. The van der Waals surface area contributed by atoms with E-state index < -0.39 is 93.7 Å². The number of carbonyl (C=O) groups is 3.